The minimum atomic E-state index is -1.09. The summed E-state index contributed by atoms with van der Waals surface area (Å²) in [4.78, 5) is 41.3. The van der Waals surface area contributed by atoms with Crippen LogP contribution in [0.2, 0.25) is 0 Å². The summed E-state index contributed by atoms with van der Waals surface area (Å²) in [6, 6.07) is 7.77. The Bertz CT molecular complexity index is 1200. The van der Waals surface area contributed by atoms with Gasteiger partial charge in [0, 0.05) is 11.6 Å². The molecule has 1 unspecified atom stereocenters. The molecule has 0 saturated heterocycles. The van der Waals surface area contributed by atoms with E-state index in [2.05, 4.69) is 10.3 Å². The third kappa shape index (κ3) is 4.32. The van der Waals surface area contributed by atoms with E-state index in [0.717, 1.165) is 16.7 Å². The van der Waals surface area contributed by atoms with Crippen LogP contribution in [0.3, 0.4) is 0 Å². The Kier molecular flexibility index (Phi) is 6.14. The van der Waals surface area contributed by atoms with E-state index in [1.807, 2.05) is 13.8 Å². The van der Waals surface area contributed by atoms with E-state index in [9.17, 15) is 23.2 Å². The lowest BCUT2D eigenvalue weighted by Gasteiger charge is -2.23. The van der Waals surface area contributed by atoms with Crippen LogP contribution < -0.4 is 16.6 Å². The Morgan fingerprint density at radius 1 is 1.10 bits per heavy atom. The Labute approximate surface area is 171 Å². The SMILES string of the molecule is CC(C)CC(C(=O)N[C@@H](C)c1ccc(F)cc1F)n1c(=O)[nH]c2ccccc2c1=O. The van der Waals surface area contributed by atoms with E-state index < -0.39 is 40.9 Å². The number of para-hydroxylation sites is 1. The van der Waals surface area contributed by atoms with Gasteiger partial charge in [-0.25, -0.2) is 18.1 Å². The molecule has 2 N–H and O–H groups in total. The Morgan fingerprint density at radius 3 is 2.47 bits per heavy atom. The van der Waals surface area contributed by atoms with Crippen molar-refractivity contribution < 1.29 is 13.6 Å². The largest absolute Gasteiger partial charge is 0.348 e. The van der Waals surface area contributed by atoms with Crippen LogP contribution in [-0.2, 0) is 4.79 Å². The van der Waals surface area contributed by atoms with Gasteiger partial charge in [0.2, 0.25) is 5.91 Å². The molecule has 0 fully saturated rings. The van der Waals surface area contributed by atoms with E-state index in [4.69, 9.17) is 0 Å². The molecule has 158 valence electrons. The van der Waals surface area contributed by atoms with Crippen molar-refractivity contribution in [2.45, 2.75) is 39.3 Å². The maximum atomic E-state index is 14.1. The Hall–Kier alpha value is -3.29. The van der Waals surface area contributed by atoms with Crippen LogP contribution >= 0.6 is 0 Å². The summed E-state index contributed by atoms with van der Waals surface area (Å²) in [6.07, 6.45) is 0.228. The molecule has 2 aromatic carbocycles. The standard InChI is InChI=1S/C22H23F2N3O3/c1-12(2)10-19(20(28)25-13(3)15-9-8-14(23)11-17(15)24)27-21(29)16-6-4-5-7-18(16)26-22(27)30/h4-9,11-13,19H,10H2,1-3H3,(H,25,28)(H,26,30)/t13-,19?/m0/s1. The molecule has 6 nitrogen and oxygen atoms in total. The van der Waals surface area contributed by atoms with Gasteiger partial charge < -0.3 is 10.3 Å². The summed E-state index contributed by atoms with van der Waals surface area (Å²) < 4.78 is 28.2. The molecule has 1 aromatic heterocycles. The van der Waals surface area contributed by atoms with Gasteiger partial charge in [-0.2, -0.15) is 0 Å². The molecular formula is C22H23F2N3O3. The second-order valence-electron chi connectivity index (χ2n) is 7.69. The zero-order chi connectivity index (χ0) is 22.0. The average molecular weight is 415 g/mol. The van der Waals surface area contributed by atoms with Gasteiger partial charge in [0.25, 0.3) is 5.56 Å². The predicted octanol–water partition coefficient (Wildman–Crippen LogP) is 3.43. The second kappa shape index (κ2) is 8.61. The fraction of sp³-hybridized carbons (Fsp3) is 0.318. The number of aromatic amines is 1. The van der Waals surface area contributed by atoms with Crippen molar-refractivity contribution >= 4 is 16.8 Å². The first-order valence-corrected chi connectivity index (χ1v) is 9.68. The van der Waals surface area contributed by atoms with Crippen molar-refractivity contribution in [2.24, 2.45) is 5.92 Å². The predicted molar refractivity (Wildman–Crippen MR) is 110 cm³/mol. The molecule has 0 bridgehead atoms. The molecule has 30 heavy (non-hydrogen) atoms. The molecule has 0 spiro atoms. The smallest absolute Gasteiger partial charge is 0.329 e. The number of rotatable bonds is 6. The highest BCUT2D eigenvalue weighted by Crippen LogP contribution is 2.21. The summed E-state index contributed by atoms with van der Waals surface area (Å²) in [5.74, 6) is -2.11. The molecule has 1 amide bonds. The van der Waals surface area contributed by atoms with Gasteiger partial charge in [-0.15, -0.1) is 0 Å². The number of halogens is 2. The number of carbonyl (C=O) groups excluding carboxylic acids is 1. The zero-order valence-corrected chi connectivity index (χ0v) is 16.9. The lowest BCUT2D eigenvalue weighted by Crippen LogP contribution is -2.45. The van der Waals surface area contributed by atoms with E-state index in [1.165, 1.54) is 6.07 Å². The second-order valence-corrected chi connectivity index (χ2v) is 7.69. The summed E-state index contributed by atoms with van der Waals surface area (Å²) in [5, 5.41) is 2.94. The summed E-state index contributed by atoms with van der Waals surface area (Å²) in [6.45, 7) is 5.28. The number of hydrogen-bond donors (Lipinski definition) is 2. The number of nitrogens with zero attached hydrogens (tertiary/aromatic N) is 1. The monoisotopic (exact) mass is 415 g/mol. The average Bonchev–Trinajstić information content (AvgIpc) is 2.66. The number of nitrogens with one attached hydrogen (secondary N) is 2. The quantitative estimate of drug-likeness (QED) is 0.647. The Morgan fingerprint density at radius 2 is 1.80 bits per heavy atom. The molecule has 0 aliphatic carbocycles. The topological polar surface area (TPSA) is 84.0 Å². The van der Waals surface area contributed by atoms with Gasteiger partial charge in [0.05, 0.1) is 16.9 Å². The minimum Gasteiger partial charge on any atom is -0.348 e. The molecule has 8 heteroatoms. The molecule has 1 heterocycles. The zero-order valence-electron chi connectivity index (χ0n) is 16.9. The third-order valence-corrected chi connectivity index (χ3v) is 4.93. The molecule has 0 radical (unpaired) electrons. The highest BCUT2D eigenvalue weighted by Gasteiger charge is 2.27. The van der Waals surface area contributed by atoms with E-state index in [1.54, 1.807) is 31.2 Å². The number of H-pyrrole nitrogens is 1. The van der Waals surface area contributed by atoms with Gasteiger partial charge in [0.1, 0.15) is 17.7 Å². The number of aromatic nitrogens is 2. The number of hydrogen-bond acceptors (Lipinski definition) is 3. The lowest BCUT2D eigenvalue weighted by molar-refractivity contribution is -0.125. The maximum Gasteiger partial charge on any atom is 0.329 e. The van der Waals surface area contributed by atoms with Crippen molar-refractivity contribution in [1.29, 1.82) is 0 Å². The normalized spacial score (nSPS) is 13.4. The summed E-state index contributed by atoms with van der Waals surface area (Å²) >= 11 is 0. The fourth-order valence-electron chi connectivity index (χ4n) is 3.48. The van der Waals surface area contributed by atoms with E-state index >= 15 is 0 Å². The third-order valence-electron chi connectivity index (χ3n) is 4.93. The van der Waals surface area contributed by atoms with Crippen LogP contribution in [0.1, 0.15) is 44.8 Å². The summed E-state index contributed by atoms with van der Waals surface area (Å²) in [5.41, 5.74) is -0.780. The number of fused-ring (bicyclic) bond motifs is 1. The van der Waals surface area contributed by atoms with Crippen molar-refractivity contribution in [1.82, 2.24) is 14.9 Å². The molecule has 2 atom stereocenters. The van der Waals surface area contributed by atoms with Gasteiger partial charge in [-0.05, 0) is 37.5 Å². The Balaban J connectivity index is 2.00. The highest BCUT2D eigenvalue weighted by molar-refractivity contribution is 5.82. The molecular weight excluding hydrogens is 392 g/mol. The molecule has 0 saturated carbocycles. The van der Waals surface area contributed by atoms with Crippen LogP contribution in [0.15, 0.2) is 52.1 Å². The first-order valence-electron chi connectivity index (χ1n) is 9.68. The molecule has 0 aliphatic heterocycles. The summed E-state index contributed by atoms with van der Waals surface area (Å²) in [7, 11) is 0. The van der Waals surface area contributed by atoms with Crippen LogP contribution in [0.5, 0.6) is 0 Å². The number of carbonyl (C=O) groups is 1. The van der Waals surface area contributed by atoms with Gasteiger partial charge in [-0.1, -0.05) is 32.0 Å². The first kappa shape index (κ1) is 21.4. The fourth-order valence-corrected chi connectivity index (χ4v) is 3.48. The highest BCUT2D eigenvalue weighted by atomic mass is 19.1. The molecule has 0 aliphatic rings. The molecule has 3 rings (SSSR count). The maximum absolute atomic E-state index is 14.1. The first-order chi connectivity index (χ1) is 14.2. The number of amides is 1. The van der Waals surface area contributed by atoms with Gasteiger partial charge >= 0.3 is 5.69 Å². The van der Waals surface area contributed by atoms with Gasteiger partial charge in [0.15, 0.2) is 0 Å². The molecule has 3 aromatic rings. The number of benzene rings is 2. The lowest BCUT2D eigenvalue weighted by atomic mass is 10.0. The van der Waals surface area contributed by atoms with Crippen molar-refractivity contribution in [3.63, 3.8) is 0 Å². The van der Waals surface area contributed by atoms with Crippen molar-refractivity contribution in [3.05, 3.63) is 80.5 Å². The minimum absolute atomic E-state index is 0.00335. The van der Waals surface area contributed by atoms with Crippen molar-refractivity contribution in [3.8, 4) is 0 Å². The van der Waals surface area contributed by atoms with Crippen LogP contribution in [0.4, 0.5) is 8.78 Å². The van der Waals surface area contributed by atoms with Crippen LogP contribution in [0, 0.1) is 17.6 Å². The van der Waals surface area contributed by atoms with E-state index in [0.29, 0.717) is 5.52 Å². The van der Waals surface area contributed by atoms with Gasteiger partial charge in [-0.3, -0.25) is 9.59 Å². The van der Waals surface area contributed by atoms with Crippen LogP contribution in [0.25, 0.3) is 10.9 Å². The van der Waals surface area contributed by atoms with Crippen LogP contribution in [-0.4, -0.2) is 15.5 Å². The van der Waals surface area contributed by atoms with Crippen molar-refractivity contribution in [2.75, 3.05) is 0 Å². The van der Waals surface area contributed by atoms with E-state index in [-0.39, 0.29) is 23.3 Å².